The van der Waals surface area contributed by atoms with Gasteiger partial charge in [0.15, 0.2) is 11.6 Å². The molecular weight excluding hydrogens is 1100 g/mol. The number of rotatable bonds is 30. The topological polar surface area (TPSA) is 320 Å². The summed E-state index contributed by atoms with van der Waals surface area (Å²) in [5, 5.41) is 15.8. The molecule has 0 saturated heterocycles. The van der Waals surface area contributed by atoms with Crippen LogP contribution in [0.25, 0.3) is 21.8 Å². The minimum Gasteiger partial charge on any atom is -0.491 e. The molecule has 21 nitrogen and oxygen atoms in total. The molecule has 21 heteroatoms. The molecule has 0 aliphatic carbocycles. The first-order valence-corrected chi connectivity index (χ1v) is 27.7. The van der Waals surface area contributed by atoms with E-state index < -0.39 is 59.9 Å². The van der Waals surface area contributed by atoms with Crippen molar-refractivity contribution in [3.8, 4) is 11.5 Å². The number of hydrogen-bond donors (Lipinski definition) is 8. The maximum absolute atomic E-state index is 13.7. The molecule has 0 bridgehead atoms. The number of aromatic nitrogens is 2. The molecule has 2 heterocycles. The van der Waals surface area contributed by atoms with Crippen LogP contribution >= 0.6 is 0 Å². The van der Waals surface area contributed by atoms with Gasteiger partial charge in [-0.15, -0.1) is 0 Å². The van der Waals surface area contributed by atoms with Crippen molar-refractivity contribution >= 4 is 63.4 Å². The lowest BCUT2D eigenvalue weighted by atomic mass is 9.99. The van der Waals surface area contributed by atoms with Crippen LogP contribution in [0.4, 0.5) is 0 Å². The number of carbonyl (C=O) groups excluding carboxylic acids is 7. The Balaban J connectivity index is 0.000000246. The molecule has 5 amide bonds. The van der Waals surface area contributed by atoms with E-state index >= 15 is 0 Å². The maximum atomic E-state index is 13.7. The van der Waals surface area contributed by atoms with Gasteiger partial charge in [0.2, 0.25) is 18.2 Å². The minimum atomic E-state index is -1.13. The lowest BCUT2D eigenvalue weighted by Gasteiger charge is -2.30. The van der Waals surface area contributed by atoms with Crippen LogP contribution in [0.15, 0.2) is 182 Å². The number of nitrogens with two attached hydrogens (primary N) is 3. The molecule has 0 aliphatic heterocycles. The van der Waals surface area contributed by atoms with E-state index in [2.05, 4.69) is 36.6 Å². The lowest BCUT2D eigenvalue weighted by molar-refractivity contribution is -0.126. The molecule has 6 atom stereocenters. The summed E-state index contributed by atoms with van der Waals surface area (Å²) in [5.41, 5.74) is 21.9. The van der Waals surface area contributed by atoms with Crippen LogP contribution in [-0.2, 0) is 36.7 Å². The largest absolute Gasteiger partial charge is 0.491 e. The van der Waals surface area contributed by atoms with Crippen LogP contribution in [0.2, 0.25) is 0 Å². The molecule has 6 aromatic carbocycles. The number of benzene rings is 6. The molecular formula is C65H70N10O11. The van der Waals surface area contributed by atoms with Crippen molar-refractivity contribution < 1.29 is 52.5 Å². The number of pyridine rings is 2. The Morgan fingerprint density at radius 2 is 0.872 bits per heavy atom. The Labute approximate surface area is 497 Å². The Bertz CT molecular complexity index is 3560. The molecule has 0 fully saturated rings. The number of Topliss-reactive ketones (excluding diaryl/α,β-unsaturated/α-hetero) is 2. The Kier molecular flexibility index (Phi) is 24.4. The third kappa shape index (κ3) is 18.9. The van der Waals surface area contributed by atoms with E-state index in [1.807, 2.05) is 97.1 Å². The second-order valence-corrected chi connectivity index (χ2v) is 19.8. The molecule has 8 aromatic rings. The molecule has 86 heavy (non-hydrogen) atoms. The predicted octanol–water partition coefficient (Wildman–Crippen LogP) is 4.99. The van der Waals surface area contributed by atoms with E-state index in [1.54, 1.807) is 84.9 Å². The Morgan fingerprint density at radius 3 is 1.33 bits per heavy atom. The molecule has 2 aromatic heterocycles. The van der Waals surface area contributed by atoms with Gasteiger partial charge in [0.1, 0.15) is 48.2 Å². The van der Waals surface area contributed by atoms with Gasteiger partial charge >= 0.3 is 0 Å². The molecule has 8 rings (SSSR count). The molecule has 0 radical (unpaired) electrons. The molecule has 446 valence electrons. The molecule has 0 unspecified atom stereocenters. The predicted molar refractivity (Wildman–Crippen MR) is 325 cm³/mol. The SMILES string of the molecule is CC(=O)c1ccccc1OC[C@@H](N)[C@H](Cc1ccccc1)NC(=O)[C@H](COCN)NC(=O)c1ccc2ccccc2n1.CC(=O)c1ccccc1OC[C@@H](NC=O)[C@H](Cc1ccccc1)NC(=O)[C@H](COCN)NC(=O)c1ccc2ccccc2n1. The van der Waals surface area contributed by atoms with Crippen molar-refractivity contribution in [3.05, 3.63) is 216 Å². The summed E-state index contributed by atoms with van der Waals surface area (Å²) in [7, 11) is 0. The quantitative estimate of drug-likeness (QED) is 0.0167. The second-order valence-electron chi connectivity index (χ2n) is 19.8. The van der Waals surface area contributed by atoms with E-state index in [0.29, 0.717) is 52.9 Å². The molecule has 0 aliphatic rings. The number of ether oxygens (including phenoxy) is 4. The van der Waals surface area contributed by atoms with Crippen molar-refractivity contribution in [2.24, 2.45) is 17.2 Å². The highest BCUT2D eigenvalue weighted by Crippen LogP contribution is 2.22. The van der Waals surface area contributed by atoms with E-state index in [-0.39, 0.29) is 62.8 Å². The highest BCUT2D eigenvalue weighted by Gasteiger charge is 2.31. The van der Waals surface area contributed by atoms with Crippen LogP contribution < -0.4 is 53.3 Å². The maximum Gasteiger partial charge on any atom is 0.270 e. The number of amides is 5. The van der Waals surface area contributed by atoms with E-state index in [9.17, 15) is 33.6 Å². The smallest absolute Gasteiger partial charge is 0.270 e. The van der Waals surface area contributed by atoms with Crippen LogP contribution in [0.5, 0.6) is 11.5 Å². The first-order valence-electron chi connectivity index (χ1n) is 27.7. The number of nitrogens with zero attached hydrogens (tertiary/aromatic N) is 2. The van der Waals surface area contributed by atoms with Crippen LogP contribution in [-0.4, -0.2) is 128 Å². The van der Waals surface area contributed by atoms with Crippen LogP contribution in [0.1, 0.15) is 66.7 Å². The summed E-state index contributed by atoms with van der Waals surface area (Å²) in [6.07, 6.45) is 1.24. The fourth-order valence-electron chi connectivity index (χ4n) is 9.11. The fraction of sp³-hybridized carbons (Fsp3) is 0.246. The Hall–Kier alpha value is -9.77. The summed E-state index contributed by atoms with van der Waals surface area (Å²) in [5.74, 6) is -1.70. The van der Waals surface area contributed by atoms with Crippen molar-refractivity contribution in [2.75, 3.05) is 39.9 Å². The summed E-state index contributed by atoms with van der Waals surface area (Å²) in [4.78, 5) is 98.2. The summed E-state index contributed by atoms with van der Waals surface area (Å²) >= 11 is 0. The van der Waals surface area contributed by atoms with Gasteiger partial charge in [-0.3, -0.25) is 33.6 Å². The summed E-state index contributed by atoms with van der Waals surface area (Å²) in [6, 6.07) is 49.3. The van der Waals surface area contributed by atoms with Gasteiger partial charge in [-0.05, 0) is 86.3 Å². The first-order chi connectivity index (χ1) is 41.7. The average molecular weight is 1170 g/mol. The monoisotopic (exact) mass is 1170 g/mol. The standard InChI is InChI=1S/C33H35N5O6.C32H35N5O5/c1-22(40)25-12-6-8-14-31(25)44-19-29(35-21-39)28(17-23-9-3-2-4-10-23)37-33(42)30(18-43-20-34)38-32(41)27-16-15-24-11-5-7-13-26(24)36-27;1-21(38)24-12-6-8-14-30(24)42-18-25(34)28(17-22-9-3-2-4-10-22)36-32(40)29(19-41-20-33)37-31(39)27-16-15-23-11-5-7-13-26(23)35-27/h2-16,21,28-30H,17-20,34H2,1H3,(H,35,39)(H,37,42)(H,38,41);2-16,25,28-29H,17-20,33-34H2,1H3,(H,36,40)(H,37,39)/t28-,29+,30-;25-,28+,29+/m01/s1. The van der Waals surface area contributed by atoms with Crippen molar-refractivity contribution in [1.29, 1.82) is 0 Å². The third-order valence-corrected chi connectivity index (χ3v) is 13.6. The van der Waals surface area contributed by atoms with Gasteiger partial charge in [0.25, 0.3) is 11.8 Å². The molecule has 0 spiro atoms. The van der Waals surface area contributed by atoms with Crippen LogP contribution in [0.3, 0.4) is 0 Å². The highest BCUT2D eigenvalue weighted by molar-refractivity contribution is 6.00. The van der Waals surface area contributed by atoms with Crippen LogP contribution in [0, 0.1) is 0 Å². The lowest BCUT2D eigenvalue weighted by Crippen LogP contribution is -2.58. The molecule has 11 N–H and O–H groups in total. The summed E-state index contributed by atoms with van der Waals surface area (Å²) < 4.78 is 22.6. The van der Waals surface area contributed by atoms with Gasteiger partial charge in [-0.1, -0.05) is 133 Å². The third-order valence-electron chi connectivity index (χ3n) is 13.6. The zero-order chi connectivity index (χ0) is 61.2. The number of nitrogens with one attached hydrogen (secondary N) is 5. The second kappa shape index (κ2) is 32.9. The van der Waals surface area contributed by atoms with E-state index in [0.717, 1.165) is 21.9 Å². The van der Waals surface area contributed by atoms with Crippen molar-refractivity contribution in [1.82, 2.24) is 36.6 Å². The normalized spacial score (nSPS) is 13.0. The van der Waals surface area contributed by atoms with Crippen molar-refractivity contribution in [3.63, 3.8) is 0 Å². The van der Waals surface area contributed by atoms with E-state index in [4.69, 9.17) is 36.1 Å². The zero-order valence-corrected chi connectivity index (χ0v) is 47.6. The minimum absolute atomic E-state index is 0.0272. The average Bonchev–Trinajstić information content (AvgIpc) is 3.70. The first kappa shape index (κ1) is 63.8. The number of hydrogen-bond acceptors (Lipinski definition) is 16. The van der Waals surface area contributed by atoms with Gasteiger partial charge in [-0.25, -0.2) is 9.97 Å². The van der Waals surface area contributed by atoms with Gasteiger partial charge in [0.05, 0.1) is 73.0 Å². The molecule has 0 saturated carbocycles. The Morgan fingerprint density at radius 1 is 0.465 bits per heavy atom. The number of fused-ring (bicyclic) bond motifs is 2. The number of carbonyl (C=O) groups is 7. The zero-order valence-electron chi connectivity index (χ0n) is 47.6. The number of para-hydroxylation sites is 4. The fourth-order valence-corrected chi connectivity index (χ4v) is 9.11. The number of ketones is 2. The van der Waals surface area contributed by atoms with Crippen molar-refractivity contribution in [2.45, 2.75) is 62.9 Å². The van der Waals surface area contributed by atoms with Gasteiger partial charge < -0.3 is 62.7 Å². The van der Waals surface area contributed by atoms with E-state index in [1.165, 1.54) is 13.8 Å². The summed E-state index contributed by atoms with van der Waals surface area (Å²) in [6.45, 7) is 2.21. The van der Waals surface area contributed by atoms with Gasteiger partial charge in [-0.2, -0.15) is 0 Å². The highest BCUT2D eigenvalue weighted by atomic mass is 16.5. The van der Waals surface area contributed by atoms with Gasteiger partial charge in [0, 0.05) is 10.8 Å².